The van der Waals surface area contributed by atoms with Crippen molar-refractivity contribution >= 4 is 5.97 Å². The zero-order chi connectivity index (χ0) is 49.5. The third kappa shape index (κ3) is 28.9. The first-order chi connectivity index (χ1) is 33.1. The van der Waals surface area contributed by atoms with Crippen LogP contribution in [0.25, 0.3) is 0 Å². The molecule has 14 heteroatoms. The molecule has 0 aliphatic carbocycles. The lowest BCUT2D eigenvalue weighted by atomic mass is 9.98. The number of hydrogen-bond acceptors (Lipinski definition) is 14. The quantitative estimate of drug-likeness (QED) is 0.0173. The zero-order valence-electron chi connectivity index (χ0n) is 42.3. The molecular weight excluding hydrogens is 873 g/mol. The first kappa shape index (κ1) is 62.3. The van der Waals surface area contributed by atoms with Crippen molar-refractivity contribution in [1.82, 2.24) is 0 Å². The summed E-state index contributed by atoms with van der Waals surface area (Å²) in [5, 5.41) is 72.2. The molecule has 0 aromatic carbocycles. The van der Waals surface area contributed by atoms with Gasteiger partial charge in [-0.05, 0) is 44.9 Å². The van der Waals surface area contributed by atoms with Gasteiger partial charge in [-0.25, -0.2) is 0 Å². The van der Waals surface area contributed by atoms with E-state index in [2.05, 4.69) is 50.3 Å². The summed E-state index contributed by atoms with van der Waals surface area (Å²) in [6.07, 6.45) is 30.6. The van der Waals surface area contributed by atoms with Crippen molar-refractivity contribution in [3.05, 3.63) is 36.5 Å². The van der Waals surface area contributed by atoms with Gasteiger partial charge in [0.05, 0.1) is 26.4 Å². The van der Waals surface area contributed by atoms with Gasteiger partial charge in [0, 0.05) is 13.0 Å². The first-order valence-electron chi connectivity index (χ1n) is 27.1. The van der Waals surface area contributed by atoms with E-state index in [1.165, 1.54) is 109 Å². The molecule has 68 heavy (non-hydrogen) atoms. The summed E-state index contributed by atoms with van der Waals surface area (Å²) in [6.45, 7) is 3.59. The Labute approximate surface area is 410 Å². The summed E-state index contributed by atoms with van der Waals surface area (Å²) >= 11 is 0. The minimum Gasteiger partial charge on any atom is -0.457 e. The second kappa shape index (κ2) is 41.8. The summed E-state index contributed by atoms with van der Waals surface area (Å²) in [5.41, 5.74) is 0. The van der Waals surface area contributed by atoms with E-state index >= 15 is 0 Å². The summed E-state index contributed by atoms with van der Waals surface area (Å²) in [6, 6.07) is 0. The maximum Gasteiger partial charge on any atom is 0.306 e. The lowest BCUT2D eigenvalue weighted by Gasteiger charge is -2.42. The van der Waals surface area contributed by atoms with E-state index in [9.17, 15) is 40.5 Å². The topological polar surface area (TPSA) is 214 Å². The molecule has 2 heterocycles. The number of aliphatic hydroxyl groups is 7. The molecule has 398 valence electrons. The van der Waals surface area contributed by atoms with Gasteiger partial charge in [-0.1, -0.05) is 185 Å². The second-order valence-corrected chi connectivity index (χ2v) is 19.0. The van der Waals surface area contributed by atoms with E-state index in [0.29, 0.717) is 13.0 Å². The summed E-state index contributed by atoms with van der Waals surface area (Å²) in [5.74, 6) is -0.384. The summed E-state index contributed by atoms with van der Waals surface area (Å²) < 4.78 is 34.3. The molecule has 7 N–H and O–H groups in total. The highest BCUT2D eigenvalue weighted by Gasteiger charge is 2.47. The first-order valence-corrected chi connectivity index (χ1v) is 27.1. The normalized spacial score (nSPS) is 26.1. The summed E-state index contributed by atoms with van der Waals surface area (Å²) in [7, 11) is 0. The van der Waals surface area contributed by atoms with Crippen LogP contribution in [-0.2, 0) is 33.2 Å². The van der Waals surface area contributed by atoms with Gasteiger partial charge in [0.15, 0.2) is 12.6 Å². The molecule has 11 atom stereocenters. The van der Waals surface area contributed by atoms with Gasteiger partial charge in [0.25, 0.3) is 0 Å². The van der Waals surface area contributed by atoms with Crippen LogP contribution >= 0.6 is 0 Å². The van der Waals surface area contributed by atoms with Crippen LogP contribution in [0.15, 0.2) is 36.5 Å². The van der Waals surface area contributed by atoms with Gasteiger partial charge < -0.3 is 64.2 Å². The third-order valence-electron chi connectivity index (χ3n) is 12.9. The fourth-order valence-corrected chi connectivity index (χ4v) is 8.54. The van der Waals surface area contributed by atoms with Crippen molar-refractivity contribution in [2.45, 2.75) is 268 Å². The molecule has 2 fully saturated rings. The van der Waals surface area contributed by atoms with Gasteiger partial charge in [-0.3, -0.25) is 4.79 Å². The Kier molecular flexibility index (Phi) is 38.3. The molecule has 11 unspecified atom stereocenters. The van der Waals surface area contributed by atoms with E-state index in [-0.39, 0.29) is 25.6 Å². The van der Waals surface area contributed by atoms with Crippen LogP contribution in [0.2, 0.25) is 0 Å². The van der Waals surface area contributed by atoms with E-state index < -0.39 is 80.7 Å². The van der Waals surface area contributed by atoms with Crippen LogP contribution in [0.5, 0.6) is 0 Å². The van der Waals surface area contributed by atoms with Crippen LogP contribution in [0.4, 0.5) is 0 Å². The average Bonchev–Trinajstić information content (AvgIpc) is 3.33. The molecule has 0 aromatic heterocycles. The minimum absolute atomic E-state index is 0.0603. The number of allylic oxidation sites excluding steroid dienone is 6. The van der Waals surface area contributed by atoms with Crippen molar-refractivity contribution < 1.29 is 69.0 Å². The SMILES string of the molecule is CC/C=C\C/C=C\C/C=C\CCCCCCCCCC(=O)OC(COCCCCCCCCCCCCCCCCCCC)COC1OC(COC2OC(CO)C(O)C(O)C2O)C(O)C(O)C1O. The Balaban J connectivity index is 1.75. The molecule has 0 aromatic rings. The maximum atomic E-state index is 13.0. The molecule has 0 radical (unpaired) electrons. The molecule has 2 saturated heterocycles. The smallest absolute Gasteiger partial charge is 0.306 e. The van der Waals surface area contributed by atoms with E-state index in [1.54, 1.807) is 0 Å². The molecular formula is C54H98O14. The molecule has 0 bridgehead atoms. The summed E-state index contributed by atoms with van der Waals surface area (Å²) in [4.78, 5) is 13.0. The molecule has 2 rings (SSSR count). The van der Waals surface area contributed by atoms with Crippen molar-refractivity contribution in [2.24, 2.45) is 0 Å². The number of unbranched alkanes of at least 4 members (excludes halogenated alkanes) is 23. The predicted molar refractivity (Wildman–Crippen MR) is 266 cm³/mol. The van der Waals surface area contributed by atoms with Crippen molar-refractivity contribution in [2.75, 3.05) is 33.0 Å². The number of ether oxygens (including phenoxy) is 6. The van der Waals surface area contributed by atoms with Crippen LogP contribution in [0, 0.1) is 0 Å². The highest BCUT2D eigenvalue weighted by atomic mass is 16.7. The maximum absolute atomic E-state index is 13.0. The van der Waals surface area contributed by atoms with Gasteiger partial charge >= 0.3 is 5.97 Å². The van der Waals surface area contributed by atoms with Gasteiger partial charge in [0.2, 0.25) is 0 Å². The lowest BCUT2D eigenvalue weighted by Crippen LogP contribution is -2.61. The van der Waals surface area contributed by atoms with E-state index in [1.807, 2.05) is 0 Å². The highest BCUT2D eigenvalue weighted by molar-refractivity contribution is 5.69. The van der Waals surface area contributed by atoms with Gasteiger partial charge in [0.1, 0.15) is 54.9 Å². The Morgan fingerprint density at radius 3 is 1.50 bits per heavy atom. The van der Waals surface area contributed by atoms with Crippen LogP contribution < -0.4 is 0 Å². The van der Waals surface area contributed by atoms with E-state index in [0.717, 1.165) is 64.2 Å². The van der Waals surface area contributed by atoms with Crippen LogP contribution in [-0.4, -0.2) is 142 Å². The second-order valence-electron chi connectivity index (χ2n) is 19.0. The monoisotopic (exact) mass is 971 g/mol. The number of carbonyl (C=O) groups is 1. The van der Waals surface area contributed by atoms with Gasteiger partial charge in [-0.2, -0.15) is 0 Å². The van der Waals surface area contributed by atoms with Crippen molar-refractivity contribution in [1.29, 1.82) is 0 Å². The Morgan fingerprint density at radius 1 is 0.500 bits per heavy atom. The Hall–Kier alpha value is -1.79. The number of aliphatic hydroxyl groups excluding tert-OH is 7. The molecule has 2 aliphatic rings. The fourth-order valence-electron chi connectivity index (χ4n) is 8.54. The van der Waals surface area contributed by atoms with E-state index in [4.69, 9.17) is 28.4 Å². The standard InChI is InChI=1S/C54H98O14/c1-3-5-7-9-11-13-15-17-19-21-23-25-27-29-31-33-35-37-46(56)66-43(40-63-38-36-34-32-30-28-26-24-22-20-18-16-14-12-10-8-6-4-2)41-64-53-52(62)50(60)48(58)45(68-53)42-65-54-51(61)49(59)47(57)44(39-55)67-54/h5,7,11,13,17,19,43-45,47-55,57-62H,3-4,6,8-10,12,14-16,18,20-42H2,1-2H3/b7-5-,13-11-,19-17-. The number of carbonyl (C=O) groups excluding carboxylic acids is 1. The van der Waals surface area contributed by atoms with Crippen LogP contribution in [0.3, 0.4) is 0 Å². The number of esters is 1. The molecule has 2 aliphatic heterocycles. The average molecular weight is 971 g/mol. The van der Waals surface area contributed by atoms with Crippen LogP contribution in [0.1, 0.15) is 200 Å². The predicted octanol–water partition coefficient (Wildman–Crippen LogP) is 8.58. The van der Waals surface area contributed by atoms with Crippen molar-refractivity contribution in [3.63, 3.8) is 0 Å². The highest BCUT2D eigenvalue weighted by Crippen LogP contribution is 2.26. The largest absolute Gasteiger partial charge is 0.457 e. The van der Waals surface area contributed by atoms with Crippen molar-refractivity contribution in [3.8, 4) is 0 Å². The third-order valence-corrected chi connectivity index (χ3v) is 12.9. The molecule has 0 saturated carbocycles. The molecule has 14 nitrogen and oxygen atoms in total. The minimum atomic E-state index is -1.71. The Bertz CT molecular complexity index is 1260. The molecule has 0 amide bonds. The Morgan fingerprint density at radius 2 is 0.956 bits per heavy atom. The number of rotatable bonds is 43. The number of hydrogen-bond donors (Lipinski definition) is 7. The van der Waals surface area contributed by atoms with Gasteiger partial charge in [-0.15, -0.1) is 0 Å². The lowest BCUT2D eigenvalue weighted by molar-refractivity contribution is -0.332. The molecule has 0 spiro atoms. The fraction of sp³-hybridized carbons (Fsp3) is 0.870. The zero-order valence-corrected chi connectivity index (χ0v) is 42.3.